The Kier molecular flexibility index (Phi) is 7.53. The number of hydrogen-bond acceptors (Lipinski definition) is 5. The molecule has 0 radical (unpaired) electrons. The first-order chi connectivity index (χ1) is 13.8. The Morgan fingerprint density at radius 2 is 1.93 bits per heavy atom. The van der Waals surface area contributed by atoms with Gasteiger partial charge in [0.1, 0.15) is 0 Å². The van der Waals surface area contributed by atoms with Gasteiger partial charge in [-0.2, -0.15) is 18.3 Å². The molecule has 2 fully saturated rings. The highest BCUT2D eigenvalue weighted by Crippen LogP contribution is 2.31. The van der Waals surface area contributed by atoms with E-state index in [0.717, 1.165) is 58.4 Å². The summed E-state index contributed by atoms with van der Waals surface area (Å²) in [7, 11) is 0. The van der Waals surface area contributed by atoms with Gasteiger partial charge in [-0.25, -0.2) is 4.79 Å². The molecule has 0 amide bonds. The molecule has 4 rings (SSSR count). The molecule has 3 aliphatic rings. The molecule has 1 unspecified atom stereocenters. The summed E-state index contributed by atoms with van der Waals surface area (Å²) in [6.07, 6.45) is 3.27. The van der Waals surface area contributed by atoms with E-state index in [1.807, 2.05) is 6.20 Å². The summed E-state index contributed by atoms with van der Waals surface area (Å²) in [6, 6.07) is 3.33. The molecule has 10 heteroatoms. The number of fused-ring (bicyclic) bond motifs is 1. The Morgan fingerprint density at radius 3 is 2.52 bits per heavy atom. The van der Waals surface area contributed by atoms with Crippen molar-refractivity contribution < 1.29 is 32.5 Å². The van der Waals surface area contributed by atoms with Crippen LogP contribution in [0.5, 0.6) is 0 Å². The van der Waals surface area contributed by atoms with Gasteiger partial charge in [0, 0.05) is 45.1 Å². The van der Waals surface area contributed by atoms with Crippen LogP contribution in [0.25, 0.3) is 0 Å². The van der Waals surface area contributed by atoms with Crippen LogP contribution in [-0.4, -0.2) is 70.9 Å². The van der Waals surface area contributed by atoms with Gasteiger partial charge in [0.25, 0.3) is 0 Å². The van der Waals surface area contributed by atoms with Gasteiger partial charge < -0.3 is 14.6 Å². The lowest BCUT2D eigenvalue weighted by atomic mass is 9.90. The molecule has 0 spiro atoms. The van der Waals surface area contributed by atoms with Crippen LogP contribution in [0.2, 0.25) is 0 Å². The van der Waals surface area contributed by atoms with Crippen molar-refractivity contribution in [2.75, 3.05) is 33.0 Å². The number of carboxylic acid groups (broad SMARTS) is 1. The molecule has 1 aromatic heterocycles. The first-order valence-electron chi connectivity index (χ1n) is 10.1. The number of aromatic nitrogens is 2. The van der Waals surface area contributed by atoms with Gasteiger partial charge in [-0.15, -0.1) is 0 Å². The summed E-state index contributed by atoms with van der Waals surface area (Å²) >= 11 is 0. The topological polar surface area (TPSA) is 76.8 Å². The molecular formula is C19H28F3N3O4. The fourth-order valence-electron chi connectivity index (χ4n) is 3.85. The van der Waals surface area contributed by atoms with Crippen molar-refractivity contribution in [2.45, 2.75) is 56.9 Å². The average Bonchev–Trinajstić information content (AvgIpc) is 3.10. The predicted octanol–water partition coefficient (Wildman–Crippen LogP) is 2.87. The van der Waals surface area contributed by atoms with Crippen molar-refractivity contribution in [3.05, 3.63) is 18.0 Å². The summed E-state index contributed by atoms with van der Waals surface area (Å²) in [5.74, 6) is -2.08. The van der Waals surface area contributed by atoms with Crippen molar-refractivity contribution >= 4 is 5.97 Å². The van der Waals surface area contributed by atoms with Gasteiger partial charge in [0.05, 0.1) is 18.3 Å². The number of ether oxygens (including phenoxy) is 2. The zero-order valence-corrected chi connectivity index (χ0v) is 16.3. The van der Waals surface area contributed by atoms with E-state index in [9.17, 15) is 13.2 Å². The lowest BCUT2D eigenvalue weighted by Gasteiger charge is -2.42. The zero-order valence-electron chi connectivity index (χ0n) is 16.3. The Hall–Kier alpha value is -1.65. The van der Waals surface area contributed by atoms with E-state index in [2.05, 4.69) is 20.7 Å². The van der Waals surface area contributed by atoms with E-state index in [1.165, 1.54) is 25.0 Å². The average molecular weight is 419 g/mol. The van der Waals surface area contributed by atoms with Crippen molar-refractivity contribution in [2.24, 2.45) is 5.92 Å². The van der Waals surface area contributed by atoms with Crippen LogP contribution >= 0.6 is 0 Å². The first kappa shape index (κ1) is 22.0. The Morgan fingerprint density at radius 1 is 1.24 bits per heavy atom. The van der Waals surface area contributed by atoms with Crippen LogP contribution in [0.1, 0.15) is 43.8 Å². The quantitative estimate of drug-likeness (QED) is 0.791. The lowest BCUT2D eigenvalue weighted by molar-refractivity contribution is -0.192. The van der Waals surface area contributed by atoms with E-state index < -0.39 is 12.1 Å². The second-order valence-electron chi connectivity index (χ2n) is 7.83. The van der Waals surface area contributed by atoms with E-state index in [4.69, 9.17) is 19.4 Å². The molecular weight excluding hydrogens is 391 g/mol. The van der Waals surface area contributed by atoms with Gasteiger partial charge in [0.2, 0.25) is 0 Å². The minimum absolute atomic E-state index is 0.374. The molecule has 1 aliphatic carbocycles. The third kappa shape index (κ3) is 6.16. The number of hydrogen-bond donors (Lipinski definition) is 1. The van der Waals surface area contributed by atoms with E-state index >= 15 is 0 Å². The SMILES string of the molecule is O=C(O)C(F)(F)F.c1cc2n(n1)C(COCC1CCOCC1)CN(C1CCC1)C2. The van der Waals surface area contributed by atoms with E-state index in [-0.39, 0.29) is 0 Å². The number of aliphatic carboxylic acids is 1. The van der Waals surface area contributed by atoms with Gasteiger partial charge >= 0.3 is 12.1 Å². The third-order valence-electron chi connectivity index (χ3n) is 5.75. The molecule has 7 nitrogen and oxygen atoms in total. The second-order valence-corrected chi connectivity index (χ2v) is 7.83. The molecule has 3 heterocycles. The highest BCUT2D eigenvalue weighted by atomic mass is 19.4. The van der Waals surface area contributed by atoms with Crippen LogP contribution in [0.3, 0.4) is 0 Å². The monoisotopic (exact) mass is 419 g/mol. The molecule has 0 bridgehead atoms. The Balaban J connectivity index is 0.000000298. The second kappa shape index (κ2) is 9.90. The van der Waals surface area contributed by atoms with E-state index in [1.54, 1.807) is 0 Å². The summed E-state index contributed by atoms with van der Waals surface area (Å²) in [6.45, 7) is 5.61. The summed E-state index contributed by atoms with van der Waals surface area (Å²) in [5.41, 5.74) is 1.35. The molecule has 1 saturated carbocycles. The van der Waals surface area contributed by atoms with Crippen molar-refractivity contribution in [3.8, 4) is 0 Å². The smallest absolute Gasteiger partial charge is 0.475 e. The number of carboxylic acids is 1. The van der Waals surface area contributed by atoms with Crippen LogP contribution in [0, 0.1) is 5.92 Å². The van der Waals surface area contributed by atoms with Crippen molar-refractivity contribution in [1.82, 2.24) is 14.7 Å². The zero-order chi connectivity index (χ0) is 20.9. The minimum atomic E-state index is -5.08. The highest BCUT2D eigenvalue weighted by molar-refractivity contribution is 5.73. The maximum atomic E-state index is 10.6. The Labute approximate surface area is 167 Å². The lowest BCUT2D eigenvalue weighted by Crippen LogP contribution is -2.47. The van der Waals surface area contributed by atoms with Gasteiger partial charge in [-0.05, 0) is 37.7 Å². The predicted molar refractivity (Wildman–Crippen MR) is 97.4 cm³/mol. The van der Waals surface area contributed by atoms with Crippen molar-refractivity contribution in [3.63, 3.8) is 0 Å². The summed E-state index contributed by atoms with van der Waals surface area (Å²) in [4.78, 5) is 11.5. The van der Waals surface area contributed by atoms with E-state index in [0.29, 0.717) is 12.0 Å². The van der Waals surface area contributed by atoms with Crippen LogP contribution in [0.15, 0.2) is 12.3 Å². The fourth-order valence-corrected chi connectivity index (χ4v) is 3.85. The molecule has 2 aliphatic heterocycles. The van der Waals surface area contributed by atoms with Crippen LogP contribution in [0.4, 0.5) is 13.2 Å². The minimum Gasteiger partial charge on any atom is -0.475 e. The maximum Gasteiger partial charge on any atom is 0.490 e. The molecule has 164 valence electrons. The number of nitrogens with zero attached hydrogens (tertiary/aromatic N) is 3. The number of rotatable bonds is 5. The van der Waals surface area contributed by atoms with Gasteiger partial charge in [0.15, 0.2) is 0 Å². The van der Waals surface area contributed by atoms with Crippen LogP contribution in [-0.2, 0) is 20.8 Å². The number of alkyl halides is 3. The highest BCUT2D eigenvalue weighted by Gasteiger charge is 2.38. The van der Waals surface area contributed by atoms with Gasteiger partial charge in [-0.3, -0.25) is 9.58 Å². The summed E-state index contributed by atoms with van der Waals surface area (Å²) < 4.78 is 45.4. The third-order valence-corrected chi connectivity index (χ3v) is 5.75. The molecule has 0 aromatic carbocycles. The molecule has 1 saturated heterocycles. The summed E-state index contributed by atoms with van der Waals surface area (Å²) in [5, 5.41) is 11.7. The number of halogens is 3. The van der Waals surface area contributed by atoms with Crippen molar-refractivity contribution in [1.29, 1.82) is 0 Å². The number of carbonyl (C=O) groups is 1. The molecule has 1 atom stereocenters. The molecule has 1 aromatic rings. The first-order valence-corrected chi connectivity index (χ1v) is 10.1. The van der Waals surface area contributed by atoms with Crippen LogP contribution < -0.4 is 0 Å². The molecule has 29 heavy (non-hydrogen) atoms. The van der Waals surface area contributed by atoms with Gasteiger partial charge in [-0.1, -0.05) is 6.42 Å². The molecule has 1 N–H and O–H groups in total. The normalized spacial score (nSPS) is 23.6. The maximum absolute atomic E-state index is 10.6. The fraction of sp³-hybridized carbons (Fsp3) is 0.789. The Bertz CT molecular complexity index is 657. The standard InChI is InChI=1S/C17H27N3O2.C2HF3O2/c1-2-15(3-1)19-10-16-4-7-18-20(16)17(11-19)13-22-12-14-5-8-21-9-6-14;3-2(4,5)1(6)7/h4,7,14-15,17H,1-3,5-6,8-13H2;(H,6,7). The largest absolute Gasteiger partial charge is 0.490 e.